The molecule has 0 atom stereocenters. The molecule has 1 amide bonds. The number of nitrogens with one attached hydrogen (secondary N) is 2. The fraction of sp³-hybridized carbons (Fsp3) is 0.316. The van der Waals surface area contributed by atoms with Crippen molar-refractivity contribution >= 4 is 37.5 Å². The fourth-order valence-corrected chi connectivity index (χ4v) is 4.04. The average Bonchev–Trinajstić information content (AvgIpc) is 2.62. The van der Waals surface area contributed by atoms with Gasteiger partial charge in [0.25, 0.3) is 5.91 Å². The van der Waals surface area contributed by atoms with Crippen molar-refractivity contribution in [3.8, 4) is 5.75 Å². The summed E-state index contributed by atoms with van der Waals surface area (Å²) in [6.07, 6.45) is 0. The maximum atomic E-state index is 12.4. The molecule has 0 heterocycles. The molecule has 9 heteroatoms. The van der Waals surface area contributed by atoms with E-state index >= 15 is 0 Å². The molecule has 0 saturated carbocycles. The van der Waals surface area contributed by atoms with Gasteiger partial charge >= 0.3 is 0 Å². The van der Waals surface area contributed by atoms with Crippen molar-refractivity contribution in [2.45, 2.75) is 24.8 Å². The Balaban J connectivity index is 2.05. The first-order valence-electron chi connectivity index (χ1n) is 8.58. The Bertz CT molecular complexity index is 914. The Kier molecular flexibility index (Phi) is 7.99. The first-order valence-corrected chi connectivity index (χ1v) is 10.9. The van der Waals surface area contributed by atoms with E-state index in [0.29, 0.717) is 34.7 Å². The zero-order chi connectivity index (χ0) is 20.7. The van der Waals surface area contributed by atoms with Crippen molar-refractivity contribution < 1.29 is 22.7 Å². The number of carbonyl (C=O) groups is 1. The van der Waals surface area contributed by atoms with Gasteiger partial charge in [0.2, 0.25) is 10.0 Å². The van der Waals surface area contributed by atoms with Gasteiger partial charge in [-0.15, -0.1) is 0 Å². The third kappa shape index (κ3) is 6.30. The van der Waals surface area contributed by atoms with Crippen molar-refractivity contribution in [2.75, 3.05) is 25.6 Å². The Morgan fingerprint density at radius 2 is 1.79 bits per heavy atom. The Morgan fingerprint density at radius 3 is 2.36 bits per heavy atom. The van der Waals surface area contributed by atoms with Gasteiger partial charge in [-0.25, -0.2) is 13.1 Å². The summed E-state index contributed by atoms with van der Waals surface area (Å²) in [4.78, 5) is 12.6. The molecule has 2 rings (SSSR count). The second-order valence-electron chi connectivity index (χ2n) is 6.24. The molecule has 0 aliphatic rings. The Labute approximate surface area is 173 Å². The van der Waals surface area contributed by atoms with Crippen LogP contribution in [0.5, 0.6) is 5.75 Å². The van der Waals surface area contributed by atoms with Crippen molar-refractivity contribution in [1.29, 1.82) is 0 Å². The van der Waals surface area contributed by atoms with Crippen LogP contribution in [-0.2, 0) is 14.8 Å². The lowest BCUT2D eigenvalue weighted by atomic mass is 10.2. The lowest BCUT2D eigenvalue weighted by Gasteiger charge is -2.11. The topological polar surface area (TPSA) is 93.7 Å². The van der Waals surface area contributed by atoms with Crippen molar-refractivity contribution in [1.82, 2.24) is 4.72 Å². The number of hydrogen-bond acceptors (Lipinski definition) is 5. The first kappa shape index (κ1) is 22.4. The number of rotatable bonds is 9. The van der Waals surface area contributed by atoms with Crippen molar-refractivity contribution in [3.05, 3.63) is 52.5 Å². The number of hydrogen-bond donors (Lipinski definition) is 2. The van der Waals surface area contributed by atoms with Gasteiger partial charge in [-0.1, -0.05) is 0 Å². The summed E-state index contributed by atoms with van der Waals surface area (Å²) >= 11 is 3.38. The largest absolute Gasteiger partial charge is 0.490 e. The van der Waals surface area contributed by atoms with Crippen LogP contribution in [0.2, 0.25) is 0 Å². The summed E-state index contributed by atoms with van der Waals surface area (Å²) in [5, 5.41) is 2.74. The molecule has 0 fully saturated rings. The van der Waals surface area contributed by atoms with Crippen LogP contribution < -0.4 is 14.8 Å². The summed E-state index contributed by atoms with van der Waals surface area (Å²) in [6.45, 7) is 4.37. The van der Waals surface area contributed by atoms with Crippen LogP contribution in [-0.4, -0.2) is 40.7 Å². The van der Waals surface area contributed by atoms with E-state index in [-0.39, 0.29) is 16.8 Å². The minimum atomic E-state index is -3.57. The van der Waals surface area contributed by atoms with Crippen LogP contribution in [0, 0.1) is 0 Å². The fourth-order valence-electron chi connectivity index (χ4n) is 2.29. The molecule has 2 aromatic carbocycles. The molecule has 0 unspecified atom stereocenters. The van der Waals surface area contributed by atoms with E-state index in [1.54, 1.807) is 51.3 Å². The van der Waals surface area contributed by atoms with Crippen molar-refractivity contribution in [2.24, 2.45) is 0 Å². The normalized spacial score (nSPS) is 11.5. The number of amides is 1. The van der Waals surface area contributed by atoms with E-state index in [1.165, 1.54) is 12.1 Å². The Hall–Kier alpha value is -1.94. The lowest BCUT2D eigenvalue weighted by Crippen LogP contribution is -2.30. The van der Waals surface area contributed by atoms with Gasteiger partial charge in [-0.05, 0) is 72.2 Å². The molecule has 28 heavy (non-hydrogen) atoms. The quantitative estimate of drug-likeness (QED) is 0.547. The molecule has 0 aliphatic carbocycles. The van der Waals surface area contributed by atoms with E-state index in [2.05, 4.69) is 26.0 Å². The van der Waals surface area contributed by atoms with Gasteiger partial charge < -0.3 is 14.8 Å². The van der Waals surface area contributed by atoms with Crippen LogP contribution in [0.1, 0.15) is 24.2 Å². The maximum absolute atomic E-state index is 12.4. The smallest absolute Gasteiger partial charge is 0.255 e. The number of anilines is 1. The van der Waals surface area contributed by atoms with Gasteiger partial charge in [-0.3, -0.25) is 4.79 Å². The predicted octanol–water partition coefficient (Wildman–Crippen LogP) is 3.41. The lowest BCUT2D eigenvalue weighted by molar-refractivity contribution is 0.102. The van der Waals surface area contributed by atoms with Crippen LogP contribution in [0.3, 0.4) is 0 Å². The van der Waals surface area contributed by atoms with Crippen LogP contribution in [0.4, 0.5) is 5.69 Å². The SMILES string of the molecule is COCCOc1ccc(C(=O)Nc2ccc(S(=O)(=O)NC(C)C)cc2)cc1Br. The molecule has 0 aromatic heterocycles. The number of sulfonamides is 1. The minimum Gasteiger partial charge on any atom is -0.490 e. The molecule has 0 saturated heterocycles. The summed E-state index contributed by atoms with van der Waals surface area (Å²) < 4.78 is 37.9. The summed E-state index contributed by atoms with van der Waals surface area (Å²) in [5.74, 6) is 0.292. The Morgan fingerprint density at radius 1 is 1.11 bits per heavy atom. The second-order valence-corrected chi connectivity index (χ2v) is 8.81. The summed E-state index contributed by atoms with van der Waals surface area (Å²) in [7, 11) is -1.98. The molecule has 7 nitrogen and oxygen atoms in total. The average molecular weight is 471 g/mol. The summed E-state index contributed by atoms with van der Waals surface area (Å²) in [6, 6.07) is 10.8. The number of methoxy groups -OCH3 is 1. The number of halogens is 1. The van der Waals surface area contributed by atoms with Gasteiger partial charge in [0.15, 0.2) is 0 Å². The van der Waals surface area contributed by atoms with E-state index in [4.69, 9.17) is 9.47 Å². The second kappa shape index (κ2) is 10.0. The maximum Gasteiger partial charge on any atom is 0.255 e. The van der Waals surface area contributed by atoms with Crippen molar-refractivity contribution in [3.63, 3.8) is 0 Å². The highest BCUT2D eigenvalue weighted by Gasteiger charge is 2.15. The van der Waals surface area contributed by atoms with Gasteiger partial charge in [0.05, 0.1) is 16.0 Å². The van der Waals surface area contributed by atoms with Crippen LogP contribution in [0.25, 0.3) is 0 Å². The zero-order valence-corrected chi connectivity index (χ0v) is 18.3. The van der Waals surface area contributed by atoms with Gasteiger partial charge in [-0.2, -0.15) is 0 Å². The minimum absolute atomic E-state index is 0.138. The summed E-state index contributed by atoms with van der Waals surface area (Å²) in [5.41, 5.74) is 0.925. The van der Waals surface area contributed by atoms with E-state index in [1.807, 2.05) is 0 Å². The molecular formula is C19H23BrN2O5S. The van der Waals surface area contributed by atoms with E-state index in [0.717, 1.165) is 0 Å². The highest BCUT2D eigenvalue weighted by atomic mass is 79.9. The molecule has 0 radical (unpaired) electrons. The molecule has 0 aliphatic heterocycles. The van der Waals surface area contributed by atoms with Crippen LogP contribution in [0.15, 0.2) is 51.8 Å². The van der Waals surface area contributed by atoms with Gasteiger partial charge in [0, 0.05) is 24.4 Å². The number of carbonyl (C=O) groups excluding carboxylic acids is 1. The zero-order valence-electron chi connectivity index (χ0n) is 15.9. The highest BCUT2D eigenvalue weighted by Crippen LogP contribution is 2.26. The number of benzene rings is 2. The first-order chi connectivity index (χ1) is 13.2. The molecule has 0 spiro atoms. The standard InChI is InChI=1S/C19H23BrN2O5S/c1-13(2)22-28(24,25)16-7-5-15(6-8-16)21-19(23)14-4-9-18(17(20)12-14)27-11-10-26-3/h4-9,12-13,22H,10-11H2,1-3H3,(H,21,23). The van der Waals surface area contributed by atoms with E-state index < -0.39 is 10.0 Å². The molecular weight excluding hydrogens is 448 g/mol. The van der Waals surface area contributed by atoms with Gasteiger partial charge in [0.1, 0.15) is 12.4 Å². The van der Waals surface area contributed by atoms with Crippen LogP contribution >= 0.6 is 15.9 Å². The van der Waals surface area contributed by atoms with E-state index in [9.17, 15) is 13.2 Å². The molecule has 152 valence electrons. The monoisotopic (exact) mass is 470 g/mol. The highest BCUT2D eigenvalue weighted by molar-refractivity contribution is 9.10. The third-order valence-electron chi connectivity index (χ3n) is 3.55. The molecule has 0 bridgehead atoms. The third-order valence-corrected chi connectivity index (χ3v) is 5.85. The molecule has 2 aromatic rings. The molecule has 2 N–H and O–H groups in total. The number of ether oxygens (including phenoxy) is 2. The predicted molar refractivity (Wildman–Crippen MR) is 111 cm³/mol.